The standard InChI is InChI=1S/C23H20F6N4O3/c1-12-8-31(11-30-12)17-3-4-18-21(36)32(19(13(2)34)10-33(18)20(17)35)9-14-5-15(22(24,25)26)7-16(6-14)23(27,28)29/h3-8,11,13,19,34H,9-10H2,1-2H3. The van der Waals surface area contributed by atoms with Crippen molar-refractivity contribution < 1.29 is 36.2 Å². The number of aryl methyl sites for hydroxylation is 1. The molecule has 0 fully saturated rings. The lowest BCUT2D eigenvalue weighted by atomic mass is 10.0. The number of hydrogen-bond acceptors (Lipinski definition) is 4. The number of aliphatic hydroxyl groups excluding tert-OH is 1. The van der Waals surface area contributed by atoms with Crippen LogP contribution in [0.25, 0.3) is 5.69 Å². The van der Waals surface area contributed by atoms with Gasteiger partial charge in [0.1, 0.15) is 11.4 Å². The Hall–Kier alpha value is -3.61. The summed E-state index contributed by atoms with van der Waals surface area (Å²) in [7, 11) is 0. The Bertz CT molecular complexity index is 1340. The van der Waals surface area contributed by atoms with Gasteiger partial charge in [-0.3, -0.25) is 14.2 Å². The van der Waals surface area contributed by atoms with E-state index in [1.807, 2.05) is 0 Å². The van der Waals surface area contributed by atoms with E-state index in [4.69, 9.17) is 0 Å². The van der Waals surface area contributed by atoms with Crippen molar-refractivity contribution in [3.05, 3.63) is 81.3 Å². The Morgan fingerprint density at radius 2 is 1.67 bits per heavy atom. The maximum atomic E-state index is 13.3. The number of nitrogens with zero attached hydrogens (tertiary/aromatic N) is 4. The maximum Gasteiger partial charge on any atom is 0.416 e. The van der Waals surface area contributed by atoms with Gasteiger partial charge in [-0.25, -0.2) is 4.98 Å². The lowest BCUT2D eigenvalue weighted by Gasteiger charge is -2.39. The average Bonchev–Trinajstić information content (AvgIpc) is 3.20. The molecule has 1 aliphatic rings. The summed E-state index contributed by atoms with van der Waals surface area (Å²) in [5.41, 5.74) is -3.30. The molecule has 0 radical (unpaired) electrons. The molecule has 2 unspecified atom stereocenters. The van der Waals surface area contributed by atoms with Crippen LogP contribution in [0.4, 0.5) is 26.3 Å². The molecule has 36 heavy (non-hydrogen) atoms. The van der Waals surface area contributed by atoms with Crippen LogP contribution in [0, 0.1) is 6.92 Å². The highest BCUT2D eigenvalue weighted by Gasteiger charge is 2.39. The van der Waals surface area contributed by atoms with Crippen LogP contribution < -0.4 is 5.56 Å². The number of halogens is 6. The number of carbonyl (C=O) groups is 1. The molecule has 3 aromatic rings. The summed E-state index contributed by atoms with van der Waals surface area (Å²) in [6.45, 7) is 2.18. The zero-order valence-electron chi connectivity index (χ0n) is 18.9. The lowest BCUT2D eigenvalue weighted by Crippen LogP contribution is -2.54. The molecule has 0 saturated carbocycles. The molecular weight excluding hydrogens is 494 g/mol. The van der Waals surface area contributed by atoms with Gasteiger partial charge in [-0.05, 0) is 49.7 Å². The van der Waals surface area contributed by atoms with Crippen LogP contribution >= 0.6 is 0 Å². The Kier molecular flexibility index (Phi) is 6.23. The molecule has 0 bridgehead atoms. The maximum absolute atomic E-state index is 13.3. The molecule has 3 heterocycles. The number of carbonyl (C=O) groups excluding carboxylic acids is 1. The third-order valence-corrected chi connectivity index (χ3v) is 5.95. The van der Waals surface area contributed by atoms with Gasteiger partial charge >= 0.3 is 12.4 Å². The van der Waals surface area contributed by atoms with E-state index >= 15 is 0 Å². The molecular formula is C23H20F6N4O3. The van der Waals surface area contributed by atoms with Gasteiger partial charge in [-0.15, -0.1) is 0 Å². The van der Waals surface area contributed by atoms with Gasteiger partial charge in [-0.1, -0.05) is 0 Å². The summed E-state index contributed by atoms with van der Waals surface area (Å²) >= 11 is 0. The van der Waals surface area contributed by atoms with Crippen molar-refractivity contribution in [1.82, 2.24) is 19.0 Å². The van der Waals surface area contributed by atoms with Gasteiger partial charge in [0, 0.05) is 19.3 Å². The second-order valence-corrected chi connectivity index (χ2v) is 8.60. The number of hydrogen-bond donors (Lipinski definition) is 1. The Balaban J connectivity index is 1.77. The minimum absolute atomic E-state index is 0.00187. The second-order valence-electron chi connectivity index (χ2n) is 8.60. The number of rotatable bonds is 4. The fourth-order valence-electron chi connectivity index (χ4n) is 4.18. The summed E-state index contributed by atoms with van der Waals surface area (Å²) in [6.07, 6.45) is -8.34. The van der Waals surface area contributed by atoms with Crippen molar-refractivity contribution in [3.8, 4) is 5.69 Å². The number of fused-ring (bicyclic) bond motifs is 1. The largest absolute Gasteiger partial charge is 0.416 e. The third-order valence-electron chi connectivity index (χ3n) is 5.95. The van der Waals surface area contributed by atoms with E-state index in [1.54, 1.807) is 13.1 Å². The van der Waals surface area contributed by atoms with Gasteiger partial charge in [0.15, 0.2) is 0 Å². The average molecular weight is 514 g/mol. The minimum atomic E-state index is -5.05. The van der Waals surface area contributed by atoms with Crippen LogP contribution in [0.1, 0.15) is 39.8 Å². The zero-order chi connectivity index (χ0) is 26.6. The summed E-state index contributed by atoms with van der Waals surface area (Å²) in [4.78, 5) is 31.5. The van der Waals surface area contributed by atoms with Gasteiger partial charge in [0.2, 0.25) is 0 Å². The molecule has 2 atom stereocenters. The van der Waals surface area contributed by atoms with Crippen LogP contribution in [0.5, 0.6) is 0 Å². The highest BCUT2D eigenvalue weighted by Crippen LogP contribution is 2.37. The monoisotopic (exact) mass is 514 g/mol. The smallest absolute Gasteiger partial charge is 0.391 e. The number of aliphatic hydroxyl groups is 1. The number of aromatic nitrogens is 3. The highest BCUT2D eigenvalue weighted by atomic mass is 19.4. The van der Waals surface area contributed by atoms with E-state index in [0.717, 1.165) is 9.47 Å². The van der Waals surface area contributed by atoms with E-state index in [9.17, 15) is 41.0 Å². The molecule has 1 aromatic carbocycles. The van der Waals surface area contributed by atoms with Crippen molar-refractivity contribution in [3.63, 3.8) is 0 Å². The molecule has 1 N–H and O–H groups in total. The van der Waals surface area contributed by atoms with Crippen LogP contribution in [0.15, 0.2) is 47.7 Å². The summed E-state index contributed by atoms with van der Waals surface area (Å²) in [5.74, 6) is -0.816. The zero-order valence-corrected chi connectivity index (χ0v) is 18.9. The van der Waals surface area contributed by atoms with Crippen molar-refractivity contribution in [1.29, 1.82) is 0 Å². The van der Waals surface area contributed by atoms with Crippen molar-refractivity contribution >= 4 is 5.91 Å². The predicted octanol–water partition coefficient (Wildman–Crippen LogP) is 3.79. The van der Waals surface area contributed by atoms with Crippen LogP contribution in [-0.4, -0.2) is 42.2 Å². The number of imidazole rings is 1. The first-order valence-electron chi connectivity index (χ1n) is 10.7. The highest BCUT2D eigenvalue weighted by molar-refractivity contribution is 5.93. The first kappa shape index (κ1) is 25.5. The summed E-state index contributed by atoms with van der Waals surface area (Å²) < 4.78 is 82.3. The SMILES string of the molecule is Cc1cn(-c2ccc3n(c2=O)CC(C(C)O)N(Cc2cc(C(F)(F)F)cc(C(F)(F)F)c2)C3=O)cn1. The molecule has 2 aromatic heterocycles. The van der Waals surface area contributed by atoms with Crippen LogP contribution in [-0.2, 0) is 25.4 Å². The number of benzene rings is 1. The number of amides is 1. The van der Waals surface area contributed by atoms with Crippen LogP contribution in [0.3, 0.4) is 0 Å². The normalized spacial score (nSPS) is 17.3. The van der Waals surface area contributed by atoms with Crippen LogP contribution in [0.2, 0.25) is 0 Å². The topological polar surface area (TPSA) is 80.4 Å². The Morgan fingerprint density at radius 3 is 2.17 bits per heavy atom. The number of pyridine rings is 1. The first-order chi connectivity index (χ1) is 16.7. The Labute approximate surface area is 200 Å². The van der Waals surface area contributed by atoms with E-state index < -0.39 is 59.2 Å². The second kappa shape index (κ2) is 8.80. The van der Waals surface area contributed by atoms with Gasteiger partial charge in [0.25, 0.3) is 11.5 Å². The molecule has 192 valence electrons. The molecule has 1 aliphatic heterocycles. The van der Waals surface area contributed by atoms with E-state index in [0.29, 0.717) is 17.8 Å². The van der Waals surface area contributed by atoms with E-state index in [-0.39, 0.29) is 24.0 Å². The first-order valence-corrected chi connectivity index (χ1v) is 10.7. The molecule has 0 aliphatic carbocycles. The minimum Gasteiger partial charge on any atom is -0.391 e. The van der Waals surface area contributed by atoms with Crippen molar-refractivity contribution in [2.45, 2.75) is 51.4 Å². The predicted molar refractivity (Wildman–Crippen MR) is 114 cm³/mol. The number of alkyl halides is 6. The molecule has 0 spiro atoms. The summed E-state index contributed by atoms with van der Waals surface area (Å²) in [5, 5.41) is 10.3. The van der Waals surface area contributed by atoms with E-state index in [1.165, 1.54) is 30.0 Å². The fourth-order valence-corrected chi connectivity index (χ4v) is 4.18. The van der Waals surface area contributed by atoms with Crippen molar-refractivity contribution in [2.75, 3.05) is 0 Å². The quantitative estimate of drug-likeness (QED) is 0.538. The van der Waals surface area contributed by atoms with Gasteiger partial charge in [0.05, 0.1) is 35.3 Å². The lowest BCUT2D eigenvalue weighted by molar-refractivity contribution is -0.143. The molecule has 13 heteroatoms. The third kappa shape index (κ3) is 4.74. The molecule has 0 saturated heterocycles. The molecule has 4 rings (SSSR count). The Morgan fingerprint density at radius 1 is 1.06 bits per heavy atom. The van der Waals surface area contributed by atoms with Gasteiger partial charge in [-0.2, -0.15) is 26.3 Å². The van der Waals surface area contributed by atoms with E-state index in [2.05, 4.69) is 4.98 Å². The van der Waals surface area contributed by atoms with Crippen molar-refractivity contribution in [2.24, 2.45) is 0 Å². The summed E-state index contributed by atoms with van der Waals surface area (Å²) in [6, 6.07) is 2.70. The molecule has 1 amide bonds. The van der Waals surface area contributed by atoms with Gasteiger partial charge < -0.3 is 14.6 Å². The fraction of sp³-hybridized carbons (Fsp3) is 0.348. The molecule has 7 nitrogen and oxygen atoms in total.